The highest BCUT2D eigenvalue weighted by Crippen LogP contribution is 2.25. The Morgan fingerprint density at radius 3 is 2.83 bits per heavy atom. The molecule has 24 heavy (non-hydrogen) atoms. The first-order valence-electron chi connectivity index (χ1n) is 7.73. The van der Waals surface area contributed by atoms with Crippen molar-refractivity contribution in [2.24, 2.45) is 5.92 Å². The molecule has 0 radical (unpaired) electrons. The summed E-state index contributed by atoms with van der Waals surface area (Å²) in [6.07, 6.45) is 3.56. The standard InChI is InChI=1S/C16H22N2O3.CH2O2/c1-2-10-21-15-8-4-3-7-14(15)17-16(20)18-9-5-6-13(11-18)12-19;2-1-3/h2-4,7-8,13,19H,1,5-6,9-12H2,(H,17,20);1H,(H,2,3). The van der Waals surface area contributed by atoms with Crippen molar-refractivity contribution in [3.8, 4) is 5.75 Å². The number of aliphatic hydroxyl groups excluding tert-OH is 1. The number of carbonyl (C=O) groups excluding carboxylic acids is 1. The van der Waals surface area contributed by atoms with E-state index in [0.717, 1.165) is 19.4 Å². The number of amides is 2. The summed E-state index contributed by atoms with van der Waals surface area (Å²) in [5, 5.41) is 19.0. The van der Waals surface area contributed by atoms with Crippen molar-refractivity contribution in [1.29, 1.82) is 0 Å². The molecule has 1 aromatic carbocycles. The summed E-state index contributed by atoms with van der Waals surface area (Å²) in [7, 11) is 0. The van der Waals surface area contributed by atoms with Crippen LogP contribution in [0.2, 0.25) is 0 Å². The topological polar surface area (TPSA) is 99.1 Å². The Morgan fingerprint density at radius 1 is 1.46 bits per heavy atom. The van der Waals surface area contributed by atoms with E-state index in [1.54, 1.807) is 11.0 Å². The summed E-state index contributed by atoms with van der Waals surface area (Å²) in [5.41, 5.74) is 0.649. The van der Waals surface area contributed by atoms with Crippen molar-refractivity contribution < 1.29 is 24.5 Å². The van der Waals surface area contributed by atoms with Crippen LogP contribution in [0.25, 0.3) is 0 Å². The van der Waals surface area contributed by atoms with E-state index < -0.39 is 0 Å². The molecule has 1 saturated heterocycles. The zero-order valence-electron chi connectivity index (χ0n) is 13.6. The van der Waals surface area contributed by atoms with Crippen LogP contribution in [0.5, 0.6) is 5.75 Å². The SMILES string of the molecule is C=CCOc1ccccc1NC(=O)N1CCCC(CO)C1.O=CO. The molecule has 0 bridgehead atoms. The molecule has 1 unspecified atom stereocenters. The van der Waals surface area contributed by atoms with Gasteiger partial charge in [-0.1, -0.05) is 24.8 Å². The summed E-state index contributed by atoms with van der Waals surface area (Å²) in [6, 6.07) is 7.18. The maximum absolute atomic E-state index is 12.3. The predicted molar refractivity (Wildman–Crippen MR) is 91.2 cm³/mol. The van der Waals surface area contributed by atoms with Crippen LogP contribution >= 0.6 is 0 Å². The quantitative estimate of drug-likeness (QED) is 0.565. The fourth-order valence-electron chi connectivity index (χ4n) is 2.44. The average Bonchev–Trinajstić information content (AvgIpc) is 2.61. The number of ether oxygens (including phenoxy) is 1. The maximum atomic E-state index is 12.3. The predicted octanol–water partition coefficient (Wildman–Crippen LogP) is 2.19. The normalized spacial score (nSPS) is 16.4. The highest BCUT2D eigenvalue weighted by Gasteiger charge is 2.23. The molecule has 0 aromatic heterocycles. The number of hydrogen-bond acceptors (Lipinski definition) is 4. The van der Waals surface area contributed by atoms with Gasteiger partial charge in [-0.05, 0) is 30.9 Å². The van der Waals surface area contributed by atoms with E-state index in [-0.39, 0.29) is 25.0 Å². The number of carboxylic acid groups (broad SMARTS) is 1. The molecule has 132 valence electrons. The molecule has 1 fully saturated rings. The molecule has 1 atom stereocenters. The number of aliphatic hydroxyl groups is 1. The van der Waals surface area contributed by atoms with Gasteiger partial charge in [0.05, 0.1) is 5.69 Å². The molecule has 1 heterocycles. The number of likely N-dealkylation sites (tertiary alicyclic amines) is 1. The van der Waals surface area contributed by atoms with E-state index in [2.05, 4.69) is 11.9 Å². The minimum Gasteiger partial charge on any atom is -0.487 e. The van der Waals surface area contributed by atoms with Crippen LogP contribution < -0.4 is 10.1 Å². The Balaban J connectivity index is 0.000000891. The van der Waals surface area contributed by atoms with E-state index >= 15 is 0 Å². The minimum atomic E-state index is -0.250. The van der Waals surface area contributed by atoms with E-state index in [0.29, 0.717) is 24.6 Å². The Bertz CT molecular complexity index is 535. The third-order valence-corrected chi connectivity index (χ3v) is 3.55. The molecular weight excluding hydrogens is 312 g/mol. The Morgan fingerprint density at radius 2 is 2.17 bits per heavy atom. The monoisotopic (exact) mass is 336 g/mol. The summed E-state index contributed by atoms with van der Waals surface area (Å²) in [5.74, 6) is 0.804. The Labute approximate surface area is 141 Å². The van der Waals surface area contributed by atoms with Gasteiger partial charge in [0, 0.05) is 19.7 Å². The third-order valence-electron chi connectivity index (χ3n) is 3.55. The van der Waals surface area contributed by atoms with Gasteiger partial charge in [0.2, 0.25) is 0 Å². The minimum absolute atomic E-state index is 0.128. The summed E-state index contributed by atoms with van der Waals surface area (Å²) >= 11 is 0. The molecule has 3 N–H and O–H groups in total. The van der Waals surface area contributed by atoms with Crippen molar-refractivity contribution >= 4 is 18.2 Å². The number of urea groups is 1. The second kappa shape index (κ2) is 11.1. The number of rotatable bonds is 5. The molecule has 1 aliphatic rings. The van der Waals surface area contributed by atoms with E-state index in [9.17, 15) is 9.90 Å². The van der Waals surface area contributed by atoms with Crippen molar-refractivity contribution in [1.82, 2.24) is 4.90 Å². The fourth-order valence-corrected chi connectivity index (χ4v) is 2.44. The van der Waals surface area contributed by atoms with Crippen LogP contribution in [-0.4, -0.2) is 53.9 Å². The van der Waals surface area contributed by atoms with Crippen LogP contribution in [-0.2, 0) is 4.79 Å². The highest BCUT2D eigenvalue weighted by molar-refractivity contribution is 5.91. The van der Waals surface area contributed by atoms with Crippen LogP contribution in [0, 0.1) is 5.92 Å². The van der Waals surface area contributed by atoms with Gasteiger partial charge >= 0.3 is 6.03 Å². The number of hydrogen-bond donors (Lipinski definition) is 3. The number of anilines is 1. The highest BCUT2D eigenvalue weighted by atomic mass is 16.5. The molecule has 2 amide bonds. The first-order chi connectivity index (χ1) is 11.7. The van der Waals surface area contributed by atoms with Gasteiger partial charge in [0.25, 0.3) is 6.47 Å². The smallest absolute Gasteiger partial charge is 0.321 e. The zero-order chi connectivity index (χ0) is 17.8. The number of para-hydroxylation sites is 2. The first-order valence-corrected chi connectivity index (χ1v) is 7.73. The lowest BCUT2D eigenvalue weighted by Crippen LogP contribution is -2.43. The molecule has 0 spiro atoms. The second-order valence-electron chi connectivity index (χ2n) is 5.27. The van der Waals surface area contributed by atoms with Crippen LogP contribution in [0.15, 0.2) is 36.9 Å². The van der Waals surface area contributed by atoms with E-state index in [1.807, 2.05) is 24.3 Å². The number of benzene rings is 1. The molecule has 0 saturated carbocycles. The number of piperidine rings is 1. The fraction of sp³-hybridized carbons (Fsp3) is 0.412. The lowest BCUT2D eigenvalue weighted by atomic mass is 9.99. The summed E-state index contributed by atoms with van der Waals surface area (Å²) in [6.45, 7) is 5.20. The largest absolute Gasteiger partial charge is 0.487 e. The first kappa shape index (κ1) is 19.5. The van der Waals surface area contributed by atoms with Crippen molar-refractivity contribution in [2.45, 2.75) is 12.8 Å². The molecule has 1 aromatic rings. The Hall–Kier alpha value is -2.54. The molecular formula is C17H24N2O5. The van der Waals surface area contributed by atoms with Gasteiger partial charge in [0.15, 0.2) is 0 Å². The number of nitrogens with one attached hydrogen (secondary N) is 1. The lowest BCUT2D eigenvalue weighted by molar-refractivity contribution is -0.122. The second-order valence-corrected chi connectivity index (χ2v) is 5.27. The van der Waals surface area contributed by atoms with Crippen molar-refractivity contribution in [3.05, 3.63) is 36.9 Å². The van der Waals surface area contributed by atoms with Gasteiger partial charge in [-0.2, -0.15) is 0 Å². The number of nitrogens with zero attached hydrogens (tertiary/aromatic N) is 1. The zero-order valence-corrected chi connectivity index (χ0v) is 13.6. The van der Waals surface area contributed by atoms with E-state index in [4.69, 9.17) is 14.6 Å². The summed E-state index contributed by atoms with van der Waals surface area (Å²) in [4.78, 5) is 22.4. The van der Waals surface area contributed by atoms with Gasteiger partial charge in [0.1, 0.15) is 12.4 Å². The van der Waals surface area contributed by atoms with E-state index in [1.165, 1.54) is 0 Å². The molecule has 7 nitrogen and oxygen atoms in total. The molecule has 0 aliphatic carbocycles. The maximum Gasteiger partial charge on any atom is 0.321 e. The average molecular weight is 336 g/mol. The van der Waals surface area contributed by atoms with Crippen LogP contribution in [0.4, 0.5) is 10.5 Å². The van der Waals surface area contributed by atoms with Crippen LogP contribution in [0.1, 0.15) is 12.8 Å². The molecule has 2 rings (SSSR count). The third kappa shape index (κ3) is 6.29. The summed E-state index contributed by atoms with van der Waals surface area (Å²) < 4.78 is 5.53. The van der Waals surface area contributed by atoms with Gasteiger partial charge in [-0.3, -0.25) is 4.79 Å². The van der Waals surface area contributed by atoms with Crippen LogP contribution in [0.3, 0.4) is 0 Å². The lowest BCUT2D eigenvalue weighted by Gasteiger charge is -2.32. The number of carbonyl (C=O) groups is 2. The molecule has 1 aliphatic heterocycles. The molecule has 7 heteroatoms. The van der Waals surface area contributed by atoms with Crippen molar-refractivity contribution in [3.63, 3.8) is 0 Å². The Kier molecular flexibility index (Phi) is 8.99. The van der Waals surface area contributed by atoms with Gasteiger partial charge in [-0.15, -0.1) is 0 Å². The van der Waals surface area contributed by atoms with Gasteiger partial charge < -0.3 is 25.2 Å². The van der Waals surface area contributed by atoms with Gasteiger partial charge in [-0.25, -0.2) is 4.79 Å². The van der Waals surface area contributed by atoms with Crippen molar-refractivity contribution in [2.75, 3.05) is 31.6 Å².